The van der Waals surface area contributed by atoms with E-state index in [1.807, 2.05) is 65.0 Å². The molecule has 3 heterocycles. The minimum absolute atomic E-state index is 0.290. The van der Waals surface area contributed by atoms with Gasteiger partial charge in [-0.25, -0.2) is 9.59 Å². The van der Waals surface area contributed by atoms with E-state index >= 15 is 0 Å². The van der Waals surface area contributed by atoms with Gasteiger partial charge in [0.1, 0.15) is 11.3 Å². The lowest BCUT2D eigenvalue weighted by Gasteiger charge is -2.38. The van der Waals surface area contributed by atoms with Crippen LogP contribution in [0.3, 0.4) is 0 Å². The van der Waals surface area contributed by atoms with Gasteiger partial charge in [-0.2, -0.15) is 5.06 Å². The summed E-state index contributed by atoms with van der Waals surface area (Å²) in [7, 11) is 0. The molecule has 2 aliphatic heterocycles. The van der Waals surface area contributed by atoms with Crippen molar-refractivity contribution in [1.29, 1.82) is 0 Å². The van der Waals surface area contributed by atoms with Crippen LogP contribution in [0.15, 0.2) is 52.2 Å². The number of rotatable bonds is 4. The summed E-state index contributed by atoms with van der Waals surface area (Å²) in [6.07, 6.45) is 0.712. The maximum atomic E-state index is 13.2. The van der Waals surface area contributed by atoms with Gasteiger partial charge >= 0.3 is 11.8 Å². The fourth-order valence-corrected chi connectivity index (χ4v) is 4.47. The number of carbonyl (C=O) groups is 1. The molecule has 0 unspecified atom stereocenters. The summed E-state index contributed by atoms with van der Waals surface area (Å²) in [5.74, 6) is 0. The predicted octanol–water partition coefficient (Wildman–Crippen LogP) is 2.61. The molecule has 1 N–H and O–H groups in total. The molecule has 0 radical (unpaired) electrons. The number of hydrogen-bond donors (Lipinski definition) is 1. The number of aromatic nitrogens is 2. The van der Waals surface area contributed by atoms with Gasteiger partial charge in [0.05, 0.1) is 18.7 Å². The highest BCUT2D eigenvalue weighted by molar-refractivity contribution is 5.70. The van der Waals surface area contributed by atoms with Crippen LogP contribution in [0.5, 0.6) is 0 Å². The van der Waals surface area contributed by atoms with Gasteiger partial charge in [-0.3, -0.25) is 24.1 Å². The quantitative estimate of drug-likeness (QED) is 0.729. The Morgan fingerprint density at radius 1 is 1.15 bits per heavy atom. The summed E-state index contributed by atoms with van der Waals surface area (Å²) in [5, 5.41) is 1.80. The zero-order chi connectivity index (χ0) is 24.7. The molecule has 2 saturated heterocycles. The van der Waals surface area contributed by atoms with Gasteiger partial charge in [-0.15, -0.1) is 0 Å². The minimum Gasteiger partial charge on any atom is -0.444 e. The molecule has 2 aromatic rings. The van der Waals surface area contributed by atoms with Crippen LogP contribution in [0.2, 0.25) is 0 Å². The second-order valence-electron chi connectivity index (χ2n) is 10.1. The molecule has 0 spiro atoms. The van der Waals surface area contributed by atoms with E-state index < -0.39 is 34.9 Å². The van der Waals surface area contributed by atoms with Crippen LogP contribution in [-0.4, -0.2) is 55.6 Å². The number of hydroxylamine groups is 2. The van der Waals surface area contributed by atoms with Gasteiger partial charge in [-0.05, 0) is 40.2 Å². The second-order valence-corrected chi connectivity index (χ2v) is 10.1. The number of ether oxygens (including phenoxy) is 2. The van der Waals surface area contributed by atoms with Crippen molar-refractivity contribution in [3.05, 3.63) is 69.0 Å². The van der Waals surface area contributed by atoms with Crippen LogP contribution in [0, 0.1) is 0 Å². The molecule has 0 saturated carbocycles. The van der Waals surface area contributed by atoms with Crippen molar-refractivity contribution in [3.8, 4) is 0 Å². The summed E-state index contributed by atoms with van der Waals surface area (Å²) in [5.41, 5.74) is -1.55. The molecule has 1 amide bonds. The van der Waals surface area contributed by atoms with E-state index in [-0.39, 0.29) is 12.1 Å². The van der Waals surface area contributed by atoms with Crippen LogP contribution in [-0.2, 0) is 20.9 Å². The molecule has 34 heavy (non-hydrogen) atoms. The number of H-pyrrole nitrogens is 1. The molecule has 184 valence electrons. The number of amides is 1. The first-order valence-electron chi connectivity index (χ1n) is 11.4. The lowest BCUT2D eigenvalue weighted by molar-refractivity contribution is -0.196. The third kappa shape index (κ3) is 5.08. The van der Waals surface area contributed by atoms with E-state index in [0.29, 0.717) is 19.6 Å². The van der Waals surface area contributed by atoms with Gasteiger partial charge in [0.2, 0.25) is 0 Å². The fraction of sp³-hybridized carbons (Fsp3) is 0.542. The third-order valence-electron chi connectivity index (χ3n) is 5.97. The number of nitrogens with one attached hydrogen (secondary N) is 1. The Hall–Kier alpha value is -2.95. The summed E-state index contributed by atoms with van der Waals surface area (Å²) < 4.78 is 13.1. The van der Waals surface area contributed by atoms with E-state index in [9.17, 15) is 14.4 Å². The molecule has 1 aromatic carbocycles. The molecule has 10 nitrogen and oxygen atoms in total. The molecule has 10 heteroatoms. The SMILES string of the molecule is CC(C)(C)OC(=O)N1[C@H]([C@@H]2C[C@@H](n3ccc(=O)[nH]c3=O)ON2Cc2ccccc2)COC1(C)C. The molecule has 1 aromatic heterocycles. The molecular formula is C24H32N4O6. The van der Waals surface area contributed by atoms with Crippen molar-refractivity contribution in [2.24, 2.45) is 0 Å². The van der Waals surface area contributed by atoms with Gasteiger partial charge in [0.25, 0.3) is 5.56 Å². The topological polar surface area (TPSA) is 106 Å². The fourth-order valence-electron chi connectivity index (χ4n) is 4.47. The zero-order valence-electron chi connectivity index (χ0n) is 20.2. The highest BCUT2D eigenvalue weighted by Gasteiger charge is 2.52. The first-order valence-corrected chi connectivity index (χ1v) is 11.4. The number of aromatic amines is 1. The molecule has 2 aliphatic rings. The third-order valence-corrected chi connectivity index (χ3v) is 5.97. The van der Waals surface area contributed by atoms with Crippen molar-refractivity contribution >= 4 is 6.09 Å². The predicted molar refractivity (Wildman–Crippen MR) is 124 cm³/mol. The van der Waals surface area contributed by atoms with Crippen molar-refractivity contribution in [2.45, 2.75) is 77.2 Å². The molecule has 0 bridgehead atoms. The largest absolute Gasteiger partial charge is 0.444 e. The Bertz CT molecular complexity index is 1140. The maximum Gasteiger partial charge on any atom is 0.412 e. The van der Waals surface area contributed by atoms with E-state index in [1.54, 1.807) is 9.96 Å². The summed E-state index contributed by atoms with van der Waals surface area (Å²) in [6.45, 7) is 9.86. The van der Waals surface area contributed by atoms with Gasteiger partial charge in [-0.1, -0.05) is 30.3 Å². The minimum atomic E-state index is -0.877. The Morgan fingerprint density at radius 3 is 2.50 bits per heavy atom. The Morgan fingerprint density at radius 2 is 1.85 bits per heavy atom. The zero-order valence-corrected chi connectivity index (χ0v) is 20.2. The van der Waals surface area contributed by atoms with E-state index in [4.69, 9.17) is 14.3 Å². The molecule has 3 atom stereocenters. The van der Waals surface area contributed by atoms with Crippen LogP contribution < -0.4 is 11.2 Å². The normalized spacial score (nSPS) is 25.0. The second kappa shape index (κ2) is 9.01. The van der Waals surface area contributed by atoms with Crippen LogP contribution in [0.1, 0.15) is 52.8 Å². The Kier molecular flexibility index (Phi) is 6.41. The van der Waals surface area contributed by atoms with Gasteiger partial charge < -0.3 is 9.47 Å². The van der Waals surface area contributed by atoms with E-state index in [2.05, 4.69) is 4.98 Å². The number of carbonyl (C=O) groups excluding carboxylic acids is 1. The van der Waals surface area contributed by atoms with E-state index in [0.717, 1.165) is 5.56 Å². The van der Waals surface area contributed by atoms with Gasteiger partial charge in [0, 0.05) is 25.2 Å². The number of nitrogens with zero attached hydrogens (tertiary/aromatic N) is 3. The summed E-state index contributed by atoms with van der Waals surface area (Å²) >= 11 is 0. The molecule has 2 fully saturated rings. The maximum absolute atomic E-state index is 13.2. The highest BCUT2D eigenvalue weighted by Crippen LogP contribution is 2.39. The monoisotopic (exact) mass is 472 g/mol. The van der Waals surface area contributed by atoms with Crippen LogP contribution in [0.25, 0.3) is 0 Å². The molecular weight excluding hydrogens is 440 g/mol. The summed E-state index contributed by atoms with van der Waals surface area (Å²) in [6, 6.07) is 10.4. The first kappa shape index (κ1) is 24.2. The Labute approximate surface area is 198 Å². The Balaban J connectivity index is 1.67. The number of hydrogen-bond acceptors (Lipinski definition) is 7. The van der Waals surface area contributed by atoms with Gasteiger partial charge in [0.15, 0.2) is 6.23 Å². The van der Waals surface area contributed by atoms with Crippen molar-refractivity contribution in [1.82, 2.24) is 19.5 Å². The van der Waals surface area contributed by atoms with Crippen LogP contribution >= 0.6 is 0 Å². The standard InChI is InChI=1S/C24H32N4O6/c1-23(2,3)33-22(31)28-18(15-32-24(28,4)5)17-13-20(26-12-11-19(29)25-21(26)30)34-27(17)14-16-9-7-6-8-10-16/h6-12,17-18,20H,13-15H2,1-5H3,(H,25,29,30)/t17-,18-,20-/m0/s1. The van der Waals surface area contributed by atoms with E-state index in [1.165, 1.54) is 16.8 Å². The van der Waals surface area contributed by atoms with Crippen molar-refractivity contribution in [3.63, 3.8) is 0 Å². The smallest absolute Gasteiger partial charge is 0.412 e. The summed E-state index contributed by atoms with van der Waals surface area (Å²) in [4.78, 5) is 47.4. The van der Waals surface area contributed by atoms with Crippen molar-refractivity contribution < 1.29 is 19.1 Å². The molecule has 0 aliphatic carbocycles. The average molecular weight is 473 g/mol. The first-order chi connectivity index (χ1) is 15.9. The van der Waals surface area contributed by atoms with Crippen LogP contribution in [0.4, 0.5) is 4.79 Å². The lowest BCUT2D eigenvalue weighted by atomic mass is 10.0. The molecule has 4 rings (SSSR count). The van der Waals surface area contributed by atoms with Crippen molar-refractivity contribution in [2.75, 3.05) is 6.61 Å². The number of benzene rings is 1. The lowest BCUT2D eigenvalue weighted by Crippen LogP contribution is -2.55. The highest BCUT2D eigenvalue weighted by atomic mass is 16.7. The average Bonchev–Trinajstić information content (AvgIpc) is 3.27.